The van der Waals surface area contributed by atoms with Crippen molar-refractivity contribution in [2.75, 3.05) is 26.2 Å². The Morgan fingerprint density at radius 3 is 2.43 bits per heavy atom. The number of hydrogen-bond acceptors (Lipinski definition) is 2. The summed E-state index contributed by atoms with van der Waals surface area (Å²) in [6, 6.07) is 10.4. The van der Waals surface area contributed by atoms with Crippen LogP contribution in [-0.4, -0.2) is 42.6 Å². The quantitative estimate of drug-likeness (QED) is 0.626. The molecule has 0 radical (unpaired) electrons. The summed E-state index contributed by atoms with van der Waals surface area (Å²) < 4.78 is 0. The Balaban J connectivity index is 1.90. The molecular weight excluding hydrogens is 284 g/mol. The topological polar surface area (TPSA) is 39.7 Å². The summed E-state index contributed by atoms with van der Waals surface area (Å²) in [5.41, 5.74) is 1.39. The largest absolute Gasteiger partial charge is 0.357 e. The fourth-order valence-corrected chi connectivity index (χ4v) is 3.01. The third kappa shape index (κ3) is 5.87. The molecule has 0 bridgehead atoms. The molecule has 0 saturated carbocycles. The van der Waals surface area contributed by atoms with Crippen LogP contribution in [0.4, 0.5) is 0 Å². The molecule has 1 aliphatic rings. The monoisotopic (exact) mass is 316 g/mol. The Labute approximate surface area is 141 Å². The van der Waals surface area contributed by atoms with Gasteiger partial charge in [0.05, 0.1) is 6.54 Å². The Kier molecular flexibility index (Phi) is 6.90. The van der Waals surface area contributed by atoms with Gasteiger partial charge in [-0.05, 0) is 52.3 Å². The molecule has 0 aromatic heterocycles. The molecule has 1 heterocycles. The average molecular weight is 316 g/mol. The standard InChI is InChI=1S/C19H32N4/c1-4-20-18(21-15-17-11-7-5-8-12-17)22-16-19(2,3)23-13-9-6-10-14-23/h5,7-8,11-12H,4,6,9-10,13-16H2,1-3H3,(H2,20,21,22). The van der Waals surface area contributed by atoms with Crippen LogP contribution < -0.4 is 10.6 Å². The van der Waals surface area contributed by atoms with Crippen LogP contribution in [0, 0.1) is 0 Å². The molecule has 0 amide bonds. The summed E-state index contributed by atoms with van der Waals surface area (Å²) in [6.45, 7) is 11.7. The predicted molar refractivity (Wildman–Crippen MR) is 98.8 cm³/mol. The van der Waals surface area contributed by atoms with E-state index in [1.807, 2.05) is 6.07 Å². The molecule has 128 valence electrons. The number of guanidine groups is 1. The second-order valence-electron chi connectivity index (χ2n) is 6.89. The number of aliphatic imine (C=N–C) groups is 1. The zero-order valence-electron chi connectivity index (χ0n) is 14.9. The van der Waals surface area contributed by atoms with Crippen LogP contribution in [0.25, 0.3) is 0 Å². The van der Waals surface area contributed by atoms with E-state index in [-0.39, 0.29) is 5.54 Å². The lowest BCUT2D eigenvalue weighted by atomic mass is 9.98. The van der Waals surface area contributed by atoms with Crippen molar-refractivity contribution in [3.63, 3.8) is 0 Å². The summed E-state index contributed by atoms with van der Waals surface area (Å²) in [5.74, 6) is 0.904. The first kappa shape index (κ1) is 17.8. The van der Waals surface area contributed by atoms with Gasteiger partial charge >= 0.3 is 0 Å². The summed E-state index contributed by atoms with van der Waals surface area (Å²) in [5, 5.41) is 6.87. The fourth-order valence-electron chi connectivity index (χ4n) is 3.01. The first-order chi connectivity index (χ1) is 11.1. The number of nitrogens with zero attached hydrogens (tertiary/aromatic N) is 2. The van der Waals surface area contributed by atoms with Crippen LogP contribution in [0.2, 0.25) is 0 Å². The highest BCUT2D eigenvalue weighted by atomic mass is 15.2. The molecule has 2 N–H and O–H groups in total. The number of benzene rings is 1. The Morgan fingerprint density at radius 1 is 1.09 bits per heavy atom. The van der Waals surface area contributed by atoms with Crippen molar-refractivity contribution < 1.29 is 0 Å². The molecule has 4 heteroatoms. The molecule has 1 saturated heterocycles. The predicted octanol–water partition coefficient (Wildman–Crippen LogP) is 3.01. The number of hydrogen-bond donors (Lipinski definition) is 2. The maximum absolute atomic E-state index is 4.71. The van der Waals surface area contributed by atoms with Gasteiger partial charge in [-0.1, -0.05) is 36.8 Å². The normalized spacial score (nSPS) is 17.1. The highest BCUT2D eigenvalue weighted by Crippen LogP contribution is 2.19. The molecule has 4 nitrogen and oxygen atoms in total. The number of rotatable bonds is 6. The third-order valence-corrected chi connectivity index (χ3v) is 4.51. The van der Waals surface area contributed by atoms with Crippen LogP contribution in [-0.2, 0) is 6.54 Å². The van der Waals surface area contributed by atoms with Gasteiger partial charge < -0.3 is 10.6 Å². The van der Waals surface area contributed by atoms with Crippen molar-refractivity contribution in [2.45, 2.75) is 52.1 Å². The maximum atomic E-state index is 4.71. The Bertz CT molecular complexity index is 475. The number of piperidine rings is 1. The van der Waals surface area contributed by atoms with E-state index in [1.165, 1.54) is 37.9 Å². The van der Waals surface area contributed by atoms with Crippen LogP contribution >= 0.6 is 0 Å². The van der Waals surface area contributed by atoms with E-state index in [0.29, 0.717) is 6.54 Å². The van der Waals surface area contributed by atoms with Gasteiger partial charge in [0.25, 0.3) is 0 Å². The Morgan fingerprint density at radius 2 is 1.78 bits per heavy atom. The zero-order chi connectivity index (χ0) is 16.5. The van der Waals surface area contributed by atoms with E-state index < -0.39 is 0 Å². The van der Waals surface area contributed by atoms with Gasteiger partial charge in [-0.2, -0.15) is 0 Å². The van der Waals surface area contributed by atoms with Crippen molar-refractivity contribution in [2.24, 2.45) is 4.99 Å². The van der Waals surface area contributed by atoms with Gasteiger partial charge in [0.15, 0.2) is 5.96 Å². The zero-order valence-corrected chi connectivity index (χ0v) is 14.9. The molecule has 1 aliphatic heterocycles. The van der Waals surface area contributed by atoms with Crippen LogP contribution in [0.15, 0.2) is 35.3 Å². The van der Waals surface area contributed by atoms with E-state index in [9.17, 15) is 0 Å². The maximum Gasteiger partial charge on any atom is 0.191 e. The minimum atomic E-state index is 0.156. The van der Waals surface area contributed by atoms with Crippen molar-refractivity contribution >= 4 is 5.96 Å². The number of nitrogens with one attached hydrogen (secondary N) is 2. The molecule has 1 fully saturated rings. The van der Waals surface area contributed by atoms with Crippen molar-refractivity contribution in [1.82, 2.24) is 15.5 Å². The fraction of sp³-hybridized carbons (Fsp3) is 0.632. The summed E-state index contributed by atoms with van der Waals surface area (Å²) >= 11 is 0. The highest BCUT2D eigenvalue weighted by Gasteiger charge is 2.27. The summed E-state index contributed by atoms with van der Waals surface area (Å²) in [7, 11) is 0. The molecular formula is C19H32N4. The lowest BCUT2D eigenvalue weighted by molar-refractivity contribution is 0.0982. The van der Waals surface area contributed by atoms with Crippen molar-refractivity contribution in [3.05, 3.63) is 35.9 Å². The molecule has 1 aromatic carbocycles. The van der Waals surface area contributed by atoms with E-state index in [0.717, 1.165) is 19.0 Å². The van der Waals surface area contributed by atoms with Gasteiger partial charge in [-0.3, -0.25) is 4.90 Å². The van der Waals surface area contributed by atoms with E-state index >= 15 is 0 Å². The first-order valence-electron chi connectivity index (χ1n) is 8.93. The molecule has 2 rings (SSSR count). The minimum Gasteiger partial charge on any atom is -0.357 e. The first-order valence-corrected chi connectivity index (χ1v) is 8.93. The van der Waals surface area contributed by atoms with Crippen molar-refractivity contribution in [1.29, 1.82) is 0 Å². The third-order valence-electron chi connectivity index (χ3n) is 4.51. The number of likely N-dealkylation sites (tertiary alicyclic amines) is 1. The van der Waals surface area contributed by atoms with Crippen LogP contribution in [0.5, 0.6) is 0 Å². The molecule has 1 aromatic rings. The second kappa shape index (κ2) is 8.92. The lowest BCUT2D eigenvalue weighted by Crippen LogP contribution is -2.54. The van der Waals surface area contributed by atoms with Crippen molar-refractivity contribution in [3.8, 4) is 0 Å². The minimum absolute atomic E-state index is 0.156. The Hall–Kier alpha value is -1.55. The average Bonchev–Trinajstić information content (AvgIpc) is 2.59. The molecule has 0 atom stereocenters. The molecule has 0 spiro atoms. The van der Waals surface area contributed by atoms with Gasteiger partial charge in [0.2, 0.25) is 0 Å². The SMILES string of the molecule is CCNC(=NCc1ccccc1)NCC(C)(C)N1CCCCC1. The molecule has 23 heavy (non-hydrogen) atoms. The van der Waals surface area contributed by atoms with Gasteiger partial charge in [0, 0.05) is 18.6 Å². The molecule has 0 aliphatic carbocycles. The van der Waals surface area contributed by atoms with E-state index in [1.54, 1.807) is 0 Å². The smallest absolute Gasteiger partial charge is 0.191 e. The highest BCUT2D eigenvalue weighted by molar-refractivity contribution is 5.79. The second-order valence-corrected chi connectivity index (χ2v) is 6.89. The lowest BCUT2D eigenvalue weighted by Gasteiger charge is -2.41. The summed E-state index contributed by atoms with van der Waals surface area (Å²) in [4.78, 5) is 7.31. The van der Waals surface area contributed by atoms with Crippen LogP contribution in [0.1, 0.15) is 45.6 Å². The van der Waals surface area contributed by atoms with E-state index in [4.69, 9.17) is 4.99 Å². The summed E-state index contributed by atoms with van der Waals surface area (Å²) in [6.07, 6.45) is 4.03. The van der Waals surface area contributed by atoms with Crippen LogP contribution in [0.3, 0.4) is 0 Å². The van der Waals surface area contributed by atoms with Gasteiger partial charge in [-0.25, -0.2) is 4.99 Å². The van der Waals surface area contributed by atoms with Gasteiger partial charge in [-0.15, -0.1) is 0 Å². The van der Waals surface area contributed by atoms with Gasteiger partial charge in [0.1, 0.15) is 0 Å². The molecule has 0 unspecified atom stereocenters. The van der Waals surface area contributed by atoms with E-state index in [2.05, 4.69) is 60.6 Å².